The van der Waals surface area contributed by atoms with Crippen LogP contribution in [0.25, 0.3) is 6.08 Å². The molecule has 0 radical (unpaired) electrons. The molecule has 2 saturated heterocycles. The summed E-state index contributed by atoms with van der Waals surface area (Å²) in [6.07, 6.45) is 4.71. The number of likely N-dealkylation sites (tertiary alicyclic amines) is 1. The van der Waals surface area contributed by atoms with E-state index in [1.54, 1.807) is 22.7 Å². The second kappa shape index (κ2) is 9.09. The zero-order valence-electron chi connectivity index (χ0n) is 16.9. The first-order valence-corrected chi connectivity index (χ1v) is 11.2. The second-order valence-electron chi connectivity index (χ2n) is 7.57. The highest BCUT2D eigenvalue weighted by Crippen LogP contribution is 2.44. The molecule has 0 saturated carbocycles. The van der Waals surface area contributed by atoms with Crippen molar-refractivity contribution in [2.75, 3.05) is 30.7 Å². The number of hydrogen-bond donors (Lipinski definition) is 1. The summed E-state index contributed by atoms with van der Waals surface area (Å²) in [5, 5.41) is 2.51. The van der Waals surface area contributed by atoms with E-state index in [1.807, 2.05) is 41.3 Å². The van der Waals surface area contributed by atoms with E-state index in [0.29, 0.717) is 32.5 Å². The molecule has 3 amide bonds. The molecule has 2 aromatic rings. The molecule has 1 spiro atoms. The Morgan fingerprint density at radius 3 is 2.48 bits per heavy atom. The summed E-state index contributed by atoms with van der Waals surface area (Å²) in [6, 6.07) is 12.3. The number of rotatable bonds is 3. The maximum atomic E-state index is 13.8. The van der Waals surface area contributed by atoms with Crippen LogP contribution in [0.4, 0.5) is 19.3 Å². The van der Waals surface area contributed by atoms with Crippen molar-refractivity contribution in [1.29, 1.82) is 0 Å². The number of halogens is 2. The van der Waals surface area contributed by atoms with Crippen LogP contribution in [-0.4, -0.2) is 52.0 Å². The molecule has 2 heterocycles. The van der Waals surface area contributed by atoms with Crippen LogP contribution in [0.5, 0.6) is 0 Å². The summed E-state index contributed by atoms with van der Waals surface area (Å²) >= 11 is 1.76. The number of thioether (sulfide) groups is 1. The Morgan fingerprint density at radius 2 is 1.77 bits per heavy atom. The fourth-order valence-electron chi connectivity index (χ4n) is 4.00. The number of piperidine rings is 1. The molecular weight excluding hydrogens is 420 g/mol. The number of nitrogens with zero attached hydrogens (tertiary/aromatic N) is 2. The van der Waals surface area contributed by atoms with Crippen molar-refractivity contribution < 1.29 is 18.4 Å². The van der Waals surface area contributed by atoms with Gasteiger partial charge in [0, 0.05) is 37.5 Å². The van der Waals surface area contributed by atoms with Crippen molar-refractivity contribution in [3.8, 4) is 0 Å². The summed E-state index contributed by atoms with van der Waals surface area (Å²) in [6.45, 7) is 1.58. The van der Waals surface area contributed by atoms with Crippen molar-refractivity contribution in [3.05, 3.63) is 71.8 Å². The minimum Gasteiger partial charge on any atom is -0.324 e. The van der Waals surface area contributed by atoms with Crippen molar-refractivity contribution in [1.82, 2.24) is 9.80 Å². The first kappa shape index (κ1) is 21.4. The maximum Gasteiger partial charge on any atom is 0.321 e. The first-order valence-electron chi connectivity index (χ1n) is 10.2. The molecule has 31 heavy (non-hydrogen) atoms. The van der Waals surface area contributed by atoms with E-state index in [1.165, 1.54) is 6.07 Å². The van der Waals surface area contributed by atoms with Crippen LogP contribution in [-0.2, 0) is 4.79 Å². The van der Waals surface area contributed by atoms with E-state index in [9.17, 15) is 18.4 Å². The summed E-state index contributed by atoms with van der Waals surface area (Å²) < 4.78 is 26.9. The zero-order chi connectivity index (χ0) is 21.8. The molecular formula is C23H23F2N3O2S. The van der Waals surface area contributed by atoms with Gasteiger partial charge in [-0.25, -0.2) is 13.6 Å². The molecule has 0 bridgehead atoms. The van der Waals surface area contributed by atoms with E-state index in [0.717, 1.165) is 23.4 Å². The van der Waals surface area contributed by atoms with Gasteiger partial charge in [0.15, 0.2) is 0 Å². The van der Waals surface area contributed by atoms with E-state index in [4.69, 9.17) is 0 Å². The highest BCUT2D eigenvalue weighted by Gasteiger charge is 2.46. The minimum absolute atomic E-state index is 0.0277. The van der Waals surface area contributed by atoms with Gasteiger partial charge in [-0.15, -0.1) is 11.8 Å². The largest absolute Gasteiger partial charge is 0.324 e. The molecule has 4 rings (SSSR count). The van der Waals surface area contributed by atoms with Gasteiger partial charge in [-0.2, -0.15) is 0 Å². The van der Waals surface area contributed by atoms with Gasteiger partial charge in [-0.3, -0.25) is 4.79 Å². The van der Waals surface area contributed by atoms with Gasteiger partial charge in [0.25, 0.3) is 0 Å². The molecule has 0 atom stereocenters. The predicted octanol–water partition coefficient (Wildman–Crippen LogP) is 4.58. The summed E-state index contributed by atoms with van der Waals surface area (Å²) in [4.78, 5) is 28.6. The Hall–Kier alpha value is -2.87. The van der Waals surface area contributed by atoms with E-state index < -0.39 is 17.7 Å². The maximum absolute atomic E-state index is 13.8. The number of benzene rings is 2. The summed E-state index contributed by atoms with van der Waals surface area (Å²) in [7, 11) is 0. The highest BCUT2D eigenvalue weighted by molar-refractivity contribution is 8.00. The lowest BCUT2D eigenvalue weighted by Gasteiger charge is -2.43. The normalized spacial score (nSPS) is 18.0. The molecule has 8 heteroatoms. The van der Waals surface area contributed by atoms with Crippen LogP contribution in [0.2, 0.25) is 0 Å². The van der Waals surface area contributed by atoms with Crippen molar-refractivity contribution >= 4 is 35.5 Å². The predicted molar refractivity (Wildman–Crippen MR) is 119 cm³/mol. The molecule has 0 aliphatic carbocycles. The highest BCUT2D eigenvalue weighted by atomic mass is 32.2. The fraction of sp³-hybridized carbons (Fsp3) is 0.304. The van der Waals surface area contributed by atoms with Crippen LogP contribution >= 0.6 is 11.8 Å². The lowest BCUT2D eigenvalue weighted by atomic mass is 10.0. The number of amides is 3. The molecule has 162 valence electrons. The SMILES string of the molecule is O=C(Nc1ccc(F)cc1F)N1CCC2(CC1)SCCN2C(=O)/C=C/c1ccccc1. The minimum atomic E-state index is -0.810. The number of carbonyl (C=O) groups is 2. The third kappa shape index (κ3) is 4.74. The standard InChI is InChI=1S/C23H23F2N3O2S/c24-18-7-8-20(19(25)16-18)26-22(30)27-12-10-23(11-13-27)28(14-15-31-23)21(29)9-6-17-4-2-1-3-5-17/h1-9,16H,10-15H2,(H,26,30)/b9-6+. The lowest BCUT2D eigenvalue weighted by molar-refractivity contribution is -0.129. The van der Waals surface area contributed by atoms with Crippen LogP contribution in [0.15, 0.2) is 54.6 Å². The average molecular weight is 444 g/mol. The fourth-order valence-corrected chi connectivity index (χ4v) is 5.46. The average Bonchev–Trinajstić information content (AvgIpc) is 3.18. The Bertz CT molecular complexity index is 992. The van der Waals surface area contributed by atoms with Crippen molar-refractivity contribution in [2.45, 2.75) is 17.7 Å². The topological polar surface area (TPSA) is 52.7 Å². The molecule has 2 aliphatic rings. The monoisotopic (exact) mass is 443 g/mol. The van der Waals surface area contributed by atoms with Crippen LogP contribution in [0, 0.1) is 11.6 Å². The van der Waals surface area contributed by atoms with Crippen molar-refractivity contribution in [2.24, 2.45) is 0 Å². The van der Waals surface area contributed by atoms with E-state index >= 15 is 0 Å². The number of carbonyl (C=O) groups excluding carboxylic acids is 2. The summed E-state index contributed by atoms with van der Waals surface area (Å²) in [5.41, 5.74) is 0.918. The quantitative estimate of drug-likeness (QED) is 0.707. The van der Waals surface area contributed by atoms with Gasteiger partial charge in [-0.1, -0.05) is 30.3 Å². The third-order valence-electron chi connectivity index (χ3n) is 5.67. The molecule has 2 aromatic carbocycles. The molecule has 2 aliphatic heterocycles. The summed E-state index contributed by atoms with van der Waals surface area (Å²) in [5.74, 6) is -0.673. The molecule has 0 unspecified atom stereocenters. The Balaban J connectivity index is 1.37. The number of urea groups is 1. The number of hydrogen-bond acceptors (Lipinski definition) is 3. The van der Waals surface area contributed by atoms with E-state index in [2.05, 4.69) is 5.32 Å². The van der Waals surface area contributed by atoms with Crippen molar-refractivity contribution in [3.63, 3.8) is 0 Å². The van der Waals surface area contributed by atoms with Gasteiger partial charge < -0.3 is 15.1 Å². The Morgan fingerprint density at radius 1 is 1.03 bits per heavy atom. The Kier molecular flexibility index (Phi) is 6.27. The second-order valence-corrected chi connectivity index (χ2v) is 9.03. The van der Waals surface area contributed by atoms with Gasteiger partial charge in [0.1, 0.15) is 11.6 Å². The number of anilines is 1. The lowest BCUT2D eigenvalue weighted by Crippen LogP contribution is -2.54. The first-order chi connectivity index (χ1) is 15.0. The van der Waals surface area contributed by atoms with Gasteiger partial charge >= 0.3 is 6.03 Å². The van der Waals surface area contributed by atoms with Crippen LogP contribution in [0.3, 0.4) is 0 Å². The zero-order valence-corrected chi connectivity index (χ0v) is 17.7. The van der Waals surface area contributed by atoms with E-state index in [-0.39, 0.29) is 16.5 Å². The molecule has 1 N–H and O–H groups in total. The van der Waals surface area contributed by atoms with Gasteiger partial charge in [0.2, 0.25) is 5.91 Å². The van der Waals surface area contributed by atoms with Crippen LogP contribution in [0.1, 0.15) is 18.4 Å². The molecule has 2 fully saturated rings. The van der Waals surface area contributed by atoms with Gasteiger partial charge in [-0.05, 0) is 36.6 Å². The third-order valence-corrected chi connectivity index (χ3v) is 7.22. The number of nitrogens with one attached hydrogen (secondary N) is 1. The van der Waals surface area contributed by atoms with Gasteiger partial charge in [0.05, 0.1) is 10.6 Å². The Labute approximate surface area is 184 Å². The smallest absolute Gasteiger partial charge is 0.321 e. The van der Waals surface area contributed by atoms with Crippen LogP contribution < -0.4 is 5.32 Å². The molecule has 0 aromatic heterocycles. The molecule has 5 nitrogen and oxygen atoms in total.